The monoisotopic (exact) mass is 496 g/mol. The number of likely N-dealkylation sites (tertiary alicyclic amines) is 1. The number of unbranched alkanes of at least 4 members (excludes halogenated alkanes) is 1. The molecular weight excluding hydrogens is 468 g/mol. The molecule has 10 heteroatoms. The molecule has 0 saturated carbocycles. The Kier molecular flexibility index (Phi) is 7.70. The zero-order valence-corrected chi connectivity index (χ0v) is 20.7. The van der Waals surface area contributed by atoms with Crippen LogP contribution in [-0.2, 0) is 11.3 Å². The van der Waals surface area contributed by atoms with Crippen molar-refractivity contribution in [2.75, 3.05) is 26.0 Å². The summed E-state index contributed by atoms with van der Waals surface area (Å²) < 4.78 is 6.36. The summed E-state index contributed by atoms with van der Waals surface area (Å²) in [5, 5.41) is 0.815. The summed E-state index contributed by atoms with van der Waals surface area (Å²) in [5.41, 5.74) is 1.28. The van der Waals surface area contributed by atoms with Gasteiger partial charge < -0.3 is 14.6 Å². The number of esters is 1. The van der Waals surface area contributed by atoms with Crippen molar-refractivity contribution in [2.45, 2.75) is 44.3 Å². The lowest BCUT2D eigenvalue weighted by atomic mass is 10.1. The Labute approximate surface area is 206 Å². The van der Waals surface area contributed by atoms with Gasteiger partial charge in [0.1, 0.15) is 5.69 Å². The Bertz CT molecular complexity index is 1320. The lowest BCUT2D eigenvalue weighted by molar-refractivity contribution is 0.0600. The molecule has 1 fully saturated rings. The second kappa shape index (κ2) is 10.9. The van der Waals surface area contributed by atoms with Crippen LogP contribution in [0.5, 0.6) is 0 Å². The molecule has 1 aliphatic heterocycles. The van der Waals surface area contributed by atoms with Crippen LogP contribution in [0.2, 0.25) is 0 Å². The molecule has 0 radical (unpaired) electrons. The highest BCUT2D eigenvalue weighted by atomic mass is 32.2. The van der Waals surface area contributed by atoms with Gasteiger partial charge in [-0.3, -0.25) is 19.0 Å². The number of ether oxygens (including phenoxy) is 1. The number of carbonyl (C=O) groups is 3. The number of hydrogen-bond acceptors (Lipinski definition) is 7. The molecule has 3 heterocycles. The van der Waals surface area contributed by atoms with Crippen molar-refractivity contribution < 1.29 is 19.1 Å². The van der Waals surface area contributed by atoms with E-state index in [1.54, 1.807) is 33.9 Å². The second-order valence-electron chi connectivity index (χ2n) is 8.44. The van der Waals surface area contributed by atoms with E-state index >= 15 is 0 Å². The summed E-state index contributed by atoms with van der Waals surface area (Å²) in [6.45, 7) is 3.98. The number of Topliss-reactive ketones (excluding diaryl/α,β-unsaturated/α-hetero) is 1. The molecular formula is C25H28N4O5S. The van der Waals surface area contributed by atoms with Crippen LogP contribution < -0.4 is 5.56 Å². The van der Waals surface area contributed by atoms with Gasteiger partial charge in [0.2, 0.25) is 0 Å². The van der Waals surface area contributed by atoms with Gasteiger partial charge in [0.15, 0.2) is 10.9 Å². The van der Waals surface area contributed by atoms with Gasteiger partial charge in [-0.15, -0.1) is 0 Å². The van der Waals surface area contributed by atoms with E-state index in [2.05, 4.69) is 9.97 Å². The zero-order chi connectivity index (χ0) is 24.9. The molecule has 9 nitrogen and oxygen atoms in total. The molecule has 35 heavy (non-hydrogen) atoms. The molecule has 184 valence electrons. The Balaban J connectivity index is 1.57. The van der Waals surface area contributed by atoms with Crippen molar-refractivity contribution >= 4 is 40.3 Å². The van der Waals surface area contributed by atoms with Crippen molar-refractivity contribution in [2.24, 2.45) is 0 Å². The lowest BCUT2D eigenvalue weighted by Crippen LogP contribution is -2.27. The molecule has 0 bridgehead atoms. The number of aromatic nitrogens is 3. The fraction of sp³-hybridized carbons (Fsp3) is 0.400. The first kappa shape index (κ1) is 24.7. The first-order chi connectivity index (χ1) is 16.9. The number of methoxy groups -OCH3 is 1. The highest BCUT2D eigenvalue weighted by Gasteiger charge is 2.22. The average molecular weight is 497 g/mol. The molecule has 2 aromatic heterocycles. The molecule has 0 spiro atoms. The Morgan fingerprint density at radius 3 is 2.63 bits per heavy atom. The smallest absolute Gasteiger partial charge is 0.337 e. The van der Waals surface area contributed by atoms with Crippen LogP contribution in [0, 0.1) is 0 Å². The number of H-pyrrole nitrogens is 1. The number of aromatic amines is 1. The molecule has 1 N–H and O–H groups in total. The number of benzene rings is 1. The highest BCUT2D eigenvalue weighted by molar-refractivity contribution is 7.99. The van der Waals surface area contributed by atoms with E-state index in [1.165, 1.54) is 24.9 Å². The number of nitrogens with zero attached hydrogens (tertiary/aromatic N) is 3. The Morgan fingerprint density at radius 1 is 1.14 bits per heavy atom. The topological polar surface area (TPSA) is 114 Å². The number of ketones is 1. The van der Waals surface area contributed by atoms with Crippen LogP contribution in [0.25, 0.3) is 10.9 Å². The SMILES string of the molecule is CCCCn1c(SCC(=O)c2c[nH]c(C(=O)N3CCCC3)c2)nc2cc(C(=O)OC)ccc2c1=O. The minimum absolute atomic E-state index is 0.0515. The van der Waals surface area contributed by atoms with Gasteiger partial charge in [0.25, 0.3) is 11.5 Å². The first-order valence-corrected chi connectivity index (χ1v) is 12.7. The quantitative estimate of drug-likeness (QED) is 0.209. The predicted molar refractivity (Wildman–Crippen MR) is 133 cm³/mol. The Morgan fingerprint density at radius 2 is 1.91 bits per heavy atom. The van der Waals surface area contributed by atoms with Crippen LogP contribution in [0.3, 0.4) is 0 Å². The molecule has 1 aliphatic rings. The summed E-state index contributed by atoms with van der Waals surface area (Å²) in [7, 11) is 1.29. The maximum atomic E-state index is 13.2. The fourth-order valence-corrected chi connectivity index (χ4v) is 4.97. The molecule has 0 atom stereocenters. The van der Waals surface area contributed by atoms with Gasteiger partial charge in [0, 0.05) is 31.4 Å². The van der Waals surface area contributed by atoms with E-state index in [9.17, 15) is 19.2 Å². The van der Waals surface area contributed by atoms with Crippen LogP contribution in [0.1, 0.15) is 63.8 Å². The molecule has 1 amide bonds. The van der Waals surface area contributed by atoms with Gasteiger partial charge in [-0.25, -0.2) is 9.78 Å². The van der Waals surface area contributed by atoms with E-state index < -0.39 is 5.97 Å². The van der Waals surface area contributed by atoms with Crippen LogP contribution >= 0.6 is 11.8 Å². The van der Waals surface area contributed by atoms with E-state index in [0.717, 1.165) is 38.8 Å². The van der Waals surface area contributed by atoms with Gasteiger partial charge in [-0.1, -0.05) is 25.1 Å². The van der Waals surface area contributed by atoms with Crippen LogP contribution in [-0.4, -0.2) is 63.0 Å². The Hall–Kier alpha value is -3.40. The number of carbonyl (C=O) groups excluding carboxylic acids is 3. The third-order valence-electron chi connectivity index (χ3n) is 6.04. The van der Waals surface area contributed by atoms with Crippen molar-refractivity contribution in [1.82, 2.24) is 19.4 Å². The van der Waals surface area contributed by atoms with Gasteiger partial charge in [-0.05, 0) is 43.5 Å². The summed E-state index contributed by atoms with van der Waals surface area (Å²) in [6, 6.07) is 6.24. The molecule has 0 unspecified atom stereocenters. The highest BCUT2D eigenvalue weighted by Crippen LogP contribution is 2.22. The number of nitrogens with one attached hydrogen (secondary N) is 1. The minimum atomic E-state index is -0.514. The molecule has 1 saturated heterocycles. The van der Waals surface area contributed by atoms with Crippen LogP contribution in [0.15, 0.2) is 40.4 Å². The van der Waals surface area contributed by atoms with Crippen molar-refractivity contribution in [3.05, 3.63) is 57.6 Å². The van der Waals surface area contributed by atoms with Gasteiger partial charge in [-0.2, -0.15) is 0 Å². The third-order valence-corrected chi connectivity index (χ3v) is 7.01. The van der Waals surface area contributed by atoms with Crippen LogP contribution in [0.4, 0.5) is 0 Å². The third kappa shape index (κ3) is 5.32. The van der Waals surface area contributed by atoms with E-state index in [1.807, 2.05) is 6.92 Å². The second-order valence-corrected chi connectivity index (χ2v) is 9.38. The number of hydrogen-bond donors (Lipinski definition) is 1. The average Bonchev–Trinajstić information content (AvgIpc) is 3.58. The minimum Gasteiger partial charge on any atom is -0.465 e. The van der Waals surface area contributed by atoms with Gasteiger partial charge in [0.05, 0.1) is 29.3 Å². The van der Waals surface area contributed by atoms with Crippen molar-refractivity contribution in [3.63, 3.8) is 0 Å². The number of amides is 1. The van der Waals surface area contributed by atoms with Crippen molar-refractivity contribution in [3.8, 4) is 0 Å². The zero-order valence-electron chi connectivity index (χ0n) is 19.8. The maximum absolute atomic E-state index is 13.2. The summed E-state index contributed by atoms with van der Waals surface area (Å²) in [4.78, 5) is 59.9. The van der Waals surface area contributed by atoms with E-state index in [0.29, 0.717) is 39.4 Å². The number of thioether (sulfide) groups is 1. The fourth-order valence-electron chi connectivity index (χ4n) is 4.05. The normalized spacial score (nSPS) is 13.4. The maximum Gasteiger partial charge on any atom is 0.337 e. The predicted octanol–water partition coefficient (Wildman–Crippen LogP) is 3.52. The summed E-state index contributed by atoms with van der Waals surface area (Å²) >= 11 is 1.17. The van der Waals surface area contributed by atoms with E-state index in [-0.39, 0.29) is 23.0 Å². The molecule has 0 aliphatic carbocycles. The molecule has 3 aromatic rings. The lowest BCUT2D eigenvalue weighted by Gasteiger charge is -2.13. The number of rotatable bonds is 9. The largest absolute Gasteiger partial charge is 0.465 e. The molecule has 1 aromatic carbocycles. The summed E-state index contributed by atoms with van der Waals surface area (Å²) in [6.07, 6.45) is 5.22. The number of fused-ring (bicyclic) bond motifs is 1. The standard InChI is InChI=1S/C25H28N4O5S/c1-3-4-11-29-22(31)18-8-7-16(24(33)34-2)12-19(18)27-25(29)35-15-21(30)17-13-20(26-14-17)23(32)28-9-5-6-10-28/h7-8,12-14,26H,3-6,9-11,15H2,1-2H3. The molecule has 4 rings (SSSR count). The van der Waals surface area contributed by atoms with Crippen molar-refractivity contribution in [1.29, 1.82) is 0 Å². The first-order valence-electron chi connectivity index (χ1n) is 11.7. The van der Waals surface area contributed by atoms with Gasteiger partial charge >= 0.3 is 5.97 Å². The summed E-state index contributed by atoms with van der Waals surface area (Å²) in [5.74, 6) is -0.734. The van der Waals surface area contributed by atoms with E-state index in [4.69, 9.17) is 4.74 Å².